The highest BCUT2D eigenvalue weighted by atomic mass is 16.5. The van der Waals surface area contributed by atoms with Crippen LogP contribution in [0.2, 0.25) is 0 Å². The molecule has 0 bridgehead atoms. The molecule has 2 aliphatic rings. The second-order valence-electron chi connectivity index (χ2n) is 13.3. The van der Waals surface area contributed by atoms with Crippen LogP contribution < -0.4 is 4.74 Å². The van der Waals surface area contributed by atoms with Gasteiger partial charge in [-0.25, -0.2) is 0 Å². The summed E-state index contributed by atoms with van der Waals surface area (Å²) in [5, 5.41) is 0. The molecule has 47 heavy (non-hydrogen) atoms. The SMILES string of the molecule is CC1(C)c2ccccc2-c2ccc(-c3ccc(-c4ccc5c(c4)C(c4ccccc4)(c4ccccc4)c4ccccc4O5)cc3)cc21. The van der Waals surface area contributed by atoms with Crippen LogP contribution in [0.15, 0.2) is 170 Å². The Labute approximate surface area is 276 Å². The van der Waals surface area contributed by atoms with E-state index in [9.17, 15) is 0 Å². The van der Waals surface area contributed by atoms with Crippen molar-refractivity contribution in [2.45, 2.75) is 24.7 Å². The van der Waals surface area contributed by atoms with Crippen molar-refractivity contribution in [3.63, 3.8) is 0 Å². The smallest absolute Gasteiger partial charge is 0.132 e. The Bertz CT molecular complexity index is 2240. The van der Waals surface area contributed by atoms with Gasteiger partial charge in [0.2, 0.25) is 0 Å². The summed E-state index contributed by atoms with van der Waals surface area (Å²) < 4.78 is 6.62. The fourth-order valence-electron chi connectivity index (χ4n) is 8.12. The summed E-state index contributed by atoms with van der Waals surface area (Å²) in [5.74, 6) is 1.78. The average molecular weight is 603 g/mol. The van der Waals surface area contributed by atoms with Gasteiger partial charge in [0, 0.05) is 16.5 Å². The molecule has 224 valence electrons. The number of hydrogen-bond donors (Lipinski definition) is 0. The van der Waals surface area contributed by atoms with Gasteiger partial charge in [-0.1, -0.05) is 159 Å². The van der Waals surface area contributed by atoms with Crippen LogP contribution in [0.4, 0.5) is 0 Å². The molecule has 1 aliphatic carbocycles. The zero-order valence-electron chi connectivity index (χ0n) is 26.6. The molecule has 0 saturated heterocycles. The van der Waals surface area contributed by atoms with E-state index >= 15 is 0 Å². The van der Waals surface area contributed by atoms with Gasteiger partial charge < -0.3 is 4.74 Å². The third-order valence-electron chi connectivity index (χ3n) is 10.4. The van der Waals surface area contributed by atoms with Gasteiger partial charge in [0.25, 0.3) is 0 Å². The number of para-hydroxylation sites is 1. The van der Waals surface area contributed by atoms with E-state index in [0.717, 1.165) is 22.6 Å². The van der Waals surface area contributed by atoms with Crippen LogP contribution in [-0.4, -0.2) is 0 Å². The summed E-state index contributed by atoms with van der Waals surface area (Å²) >= 11 is 0. The Kier molecular flexibility index (Phi) is 6.14. The van der Waals surface area contributed by atoms with Gasteiger partial charge in [0.05, 0.1) is 5.41 Å². The van der Waals surface area contributed by atoms with Gasteiger partial charge in [-0.2, -0.15) is 0 Å². The monoisotopic (exact) mass is 602 g/mol. The molecular weight excluding hydrogens is 569 g/mol. The van der Waals surface area contributed by atoms with E-state index in [1.165, 1.54) is 55.6 Å². The lowest BCUT2D eigenvalue weighted by Crippen LogP contribution is -2.34. The molecule has 0 atom stereocenters. The second kappa shape index (κ2) is 10.4. The molecule has 0 spiro atoms. The first-order valence-corrected chi connectivity index (χ1v) is 16.4. The maximum atomic E-state index is 6.62. The second-order valence-corrected chi connectivity index (χ2v) is 13.3. The van der Waals surface area contributed by atoms with Gasteiger partial charge in [0.15, 0.2) is 0 Å². The molecule has 1 heteroatoms. The Hall–Kier alpha value is -5.66. The molecule has 0 radical (unpaired) electrons. The molecule has 7 aromatic rings. The van der Waals surface area contributed by atoms with Crippen molar-refractivity contribution < 1.29 is 4.74 Å². The summed E-state index contributed by atoms with van der Waals surface area (Å²) in [6.45, 7) is 4.68. The van der Waals surface area contributed by atoms with Gasteiger partial charge >= 0.3 is 0 Å². The Morgan fingerprint density at radius 1 is 0.362 bits per heavy atom. The standard InChI is InChI=1S/C46H34O/c1-45(2)39-18-10-9-17-37(39)38-27-25-33(29-41(38)45)31-21-23-32(24-22-31)34-26-28-44-42(30-34)46(35-13-5-3-6-14-35,36-15-7-4-8-16-36)40-19-11-12-20-43(40)47-44/h3-30H,1-2H3. The maximum absolute atomic E-state index is 6.62. The lowest BCUT2D eigenvalue weighted by Gasteiger charge is -2.41. The van der Waals surface area contributed by atoms with Crippen molar-refractivity contribution >= 4 is 0 Å². The van der Waals surface area contributed by atoms with Crippen molar-refractivity contribution in [3.8, 4) is 44.9 Å². The van der Waals surface area contributed by atoms with E-state index in [4.69, 9.17) is 4.74 Å². The summed E-state index contributed by atoms with van der Waals surface area (Å²) in [5.41, 5.74) is 14.5. The summed E-state index contributed by atoms with van der Waals surface area (Å²) in [6, 6.07) is 61.7. The quantitative estimate of drug-likeness (QED) is 0.195. The summed E-state index contributed by atoms with van der Waals surface area (Å²) in [6.07, 6.45) is 0. The lowest BCUT2D eigenvalue weighted by molar-refractivity contribution is 0.434. The largest absolute Gasteiger partial charge is 0.457 e. The highest BCUT2D eigenvalue weighted by molar-refractivity contribution is 5.84. The number of hydrogen-bond acceptors (Lipinski definition) is 1. The minimum atomic E-state index is -0.530. The van der Waals surface area contributed by atoms with E-state index in [1.807, 2.05) is 0 Å². The van der Waals surface area contributed by atoms with Crippen LogP contribution in [0.3, 0.4) is 0 Å². The van der Waals surface area contributed by atoms with Crippen molar-refractivity contribution in [1.29, 1.82) is 0 Å². The first-order chi connectivity index (χ1) is 23.0. The molecule has 1 nitrogen and oxygen atoms in total. The fraction of sp³-hybridized carbons (Fsp3) is 0.0870. The third-order valence-corrected chi connectivity index (χ3v) is 10.4. The minimum absolute atomic E-state index is 0.0182. The normalized spacial score (nSPS) is 14.7. The van der Waals surface area contributed by atoms with Crippen LogP contribution in [0, 0.1) is 0 Å². The fourth-order valence-corrected chi connectivity index (χ4v) is 8.12. The highest BCUT2D eigenvalue weighted by Crippen LogP contribution is 2.56. The molecule has 0 fully saturated rings. The van der Waals surface area contributed by atoms with Crippen molar-refractivity contribution in [2.75, 3.05) is 0 Å². The topological polar surface area (TPSA) is 9.23 Å². The summed E-state index contributed by atoms with van der Waals surface area (Å²) in [7, 11) is 0. The third kappa shape index (κ3) is 4.09. The van der Waals surface area contributed by atoms with Crippen LogP contribution in [-0.2, 0) is 10.8 Å². The first kappa shape index (κ1) is 27.6. The molecule has 1 aliphatic heterocycles. The number of rotatable bonds is 4. The molecule has 1 heterocycles. The zero-order chi connectivity index (χ0) is 31.6. The van der Waals surface area contributed by atoms with Crippen LogP contribution in [0.25, 0.3) is 33.4 Å². The molecule has 7 aromatic carbocycles. The van der Waals surface area contributed by atoms with E-state index in [1.54, 1.807) is 0 Å². The zero-order valence-corrected chi connectivity index (χ0v) is 26.6. The molecular formula is C46H34O. The van der Waals surface area contributed by atoms with Crippen molar-refractivity contribution in [2.24, 2.45) is 0 Å². The Morgan fingerprint density at radius 3 is 1.49 bits per heavy atom. The van der Waals surface area contributed by atoms with Gasteiger partial charge in [-0.3, -0.25) is 0 Å². The van der Waals surface area contributed by atoms with Crippen molar-refractivity contribution in [3.05, 3.63) is 203 Å². The molecule has 0 N–H and O–H groups in total. The highest BCUT2D eigenvalue weighted by Gasteiger charge is 2.45. The Balaban J connectivity index is 1.16. The predicted molar refractivity (Wildman–Crippen MR) is 193 cm³/mol. The van der Waals surface area contributed by atoms with Crippen LogP contribution in [0.1, 0.15) is 47.2 Å². The van der Waals surface area contributed by atoms with Crippen LogP contribution in [0.5, 0.6) is 11.5 Å². The van der Waals surface area contributed by atoms with Crippen molar-refractivity contribution in [1.82, 2.24) is 0 Å². The lowest BCUT2D eigenvalue weighted by atomic mass is 9.63. The minimum Gasteiger partial charge on any atom is -0.457 e. The number of benzene rings is 7. The Morgan fingerprint density at radius 2 is 0.830 bits per heavy atom. The van der Waals surface area contributed by atoms with Gasteiger partial charge in [0.1, 0.15) is 11.5 Å². The van der Waals surface area contributed by atoms with E-state index in [2.05, 4.69) is 184 Å². The van der Waals surface area contributed by atoms with E-state index < -0.39 is 5.41 Å². The summed E-state index contributed by atoms with van der Waals surface area (Å²) in [4.78, 5) is 0. The predicted octanol–water partition coefficient (Wildman–Crippen LogP) is 11.8. The molecule has 0 unspecified atom stereocenters. The van der Waals surface area contributed by atoms with Crippen LogP contribution >= 0.6 is 0 Å². The maximum Gasteiger partial charge on any atom is 0.132 e. The first-order valence-electron chi connectivity index (χ1n) is 16.4. The van der Waals surface area contributed by atoms with E-state index in [-0.39, 0.29) is 5.41 Å². The van der Waals surface area contributed by atoms with Gasteiger partial charge in [-0.05, 0) is 79.9 Å². The molecule has 0 saturated carbocycles. The van der Waals surface area contributed by atoms with Gasteiger partial charge in [-0.15, -0.1) is 0 Å². The average Bonchev–Trinajstić information content (AvgIpc) is 3.37. The number of fused-ring (bicyclic) bond motifs is 5. The van der Waals surface area contributed by atoms with E-state index in [0.29, 0.717) is 0 Å². The molecule has 0 aromatic heterocycles. The number of ether oxygens (including phenoxy) is 1. The molecule has 0 amide bonds. The molecule has 9 rings (SSSR count).